The highest BCUT2D eigenvalue weighted by Crippen LogP contribution is 2.24. The van der Waals surface area contributed by atoms with Gasteiger partial charge in [0.15, 0.2) is 0 Å². The maximum atomic E-state index is 12.4. The summed E-state index contributed by atoms with van der Waals surface area (Å²) >= 11 is 1.23. The second-order valence-corrected chi connectivity index (χ2v) is 7.14. The van der Waals surface area contributed by atoms with E-state index >= 15 is 0 Å². The van der Waals surface area contributed by atoms with Gasteiger partial charge in [-0.25, -0.2) is 14.5 Å². The summed E-state index contributed by atoms with van der Waals surface area (Å²) in [6.07, 6.45) is 3.13. The smallest absolute Gasteiger partial charge is 0.350 e. The van der Waals surface area contributed by atoms with Crippen molar-refractivity contribution in [2.75, 3.05) is 26.0 Å². The van der Waals surface area contributed by atoms with Crippen molar-refractivity contribution >= 4 is 28.9 Å². The minimum atomic E-state index is -0.459. The number of likely N-dealkylation sites (N-methyl/N-ethyl adjacent to an activating group) is 1. The van der Waals surface area contributed by atoms with Crippen molar-refractivity contribution in [3.63, 3.8) is 0 Å². The molecule has 0 aliphatic carbocycles. The van der Waals surface area contributed by atoms with E-state index in [1.807, 2.05) is 43.1 Å². The third-order valence-electron chi connectivity index (χ3n) is 4.42. The second-order valence-electron chi connectivity index (χ2n) is 6.23. The number of carbonyl (C=O) groups excluding carboxylic acids is 2. The van der Waals surface area contributed by atoms with Crippen LogP contribution in [0.4, 0.5) is 5.69 Å². The molecule has 1 unspecified atom stereocenters. The predicted molar refractivity (Wildman–Crippen MR) is 107 cm³/mol. The Balaban J connectivity index is 1.61. The Labute approximate surface area is 166 Å². The zero-order chi connectivity index (χ0) is 20.1. The number of thiophene rings is 1. The van der Waals surface area contributed by atoms with Crippen LogP contribution in [-0.2, 0) is 9.53 Å². The number of esters is 1. The normalized spacial score (nSPS) is 12.0. The Hall–Kier alpha value is -3.04. The van der Waals surface area contributed by atoms with Crippen molar-refractivity contribution in [1.82, 2.24) is 19.7 Å². The SMILES string of the molecule is COC(=O)c1sccc1NC(=O)CN(C)C(C)c1ccc(-n2cncn2)cc1. The summed E-state index contributed by atoms with van der Waals surface area (Å²) in [5, 5.41) is 8.63. The van der Waals surface area contributed by atoms with Crippen LogP contribution in [0.3, 0.4) is 0 Å². The van der Waals surface area contributed by atoms with Gasteiger partial charge in [0, 0.05) is 6.04 Å². The van der Waals surface area contributed by atoms with Gasteiger partial charge in [0.2, 0.25) is 5.91 Å². The van der Waals surface area contributed by atoms with Gasteiger partial charge in [0.1, 0.15) is 17.5 Å². The van der Waals surface area contributed by atoms with Gasteiger partial charge in [0.25, 0.3) is 0 Å². The van der Waals surface area contributed by atoms with Gasteiger partial charge in [-0.2, -0.15) is 5.10 Å². The molecule has 8 nitrogen and oxygen atoms in total. The summed E-state index contributed by atoms with van der Waals surface area (Å²) in [7, 11) is 3.20. The quantitative estimate of drug-likeness (QED) is 0.615. The largest absolute Gasteiger partial charge is 0.465 e. The van der Waals surface area contributed by atoms with Crippen molar-refractivity contribution < 1.29 is 14.3 Å². The van der Waals surface area contributed by atoms with Gasteiger partial charge in [-0.05, 0) is 43.1 Å². The van der Waals surface area contributed by atoms with Crippen LogP contribution >= 0.6 is 11.3 Å². The van der Waals surface area contributed by atoms with E-state index in [1.165, 1.54) is 24.8 Å². The van der Waals surface area contributed by atoms with Crippen LogP contribution in [0.5, 0.6) is 0 Å². The first-order chi connectivity index (χ1) is 13.5. The summed E-state index contributed by atoms with van der Waals surface area (Å²) < 4.78 is 6.42. The average Bonchev–Trinajstić information content (AvgIpc) is 3.39. The molecule has 1 amide bonds. The molecule has 0 saturated carbocycles. The van der Waals surface area contributed by atoms with Gasteiger partial charge >= 0.3 is 5.97 Å². The molecule has 0 saturated heterocycles. The first-order valence-corrected chi connectivity index (χ1v) is 9.48. The topological polar surface area (TPSA) is 89.4 Å². The lowest BCUT2D eigenvalue weighted by atomic mass is 10.1. The van der Waals surface area contributed by atoms with Gasteiger partial charge < -0.3 is 10.1 Å². The molecule has 3 rings (SSSR count). The first kappa shape index (κ1) is 19.7. The fraction of sp³-hybridized carbons (Fsp3) is 0.263. The predicted octanol–water partition coefficient (Wildman–Crippen LogP) is 2.75. The average molecular weight is 399 g/mol. The Morgan fingerprint density at radius 2 is 2.04 bits per heavy atom. The molecule has 0 aliphatic heterocycles. The highest BCUT2D eigenvalue weighted by Gasteiger charge is 2.18. The third-order valence-corrected chi connectivity index (χ3v) is 5.32. The number of hydrogen-bond acceptors (Lipinski definition) is 7. The molecule has 0 aliphatic rings. The van der Waals surface area contributed by atoms with Gasteiger partial charge in [-0.3, -0.25) is 9.69 Å². The molecule has 1 N–H and O–H groups in total. The number of hydrogen-bond donors (Lipinski definition) is 1. The zero-order valence-corrected chi connectivity index (χ0v) is 16.6. The van der Waals surface area contributed by atoms with Gasteiger partial charge in [-0.1, -0.05) is 12.1 Å². The molecule has 3 aromatic rings. The number of nitrogens with one attached hydrogen (secondary N) is 1. The summed E-state index contributed by atoms with van der Waals surface area (Å²) in [5.74, 6) is -0.656. The van der Waals surface area contributed by atoms with Crippen molar-refractivity contribution in [1.29, 1.82) is 0 Å². The van der Waals surface area contributed by atoms with Crippen LogP contribution in [0.2, 0.25) is 0 Å². The third kappa shape index (κ3) is 4.44. The zero-order valence-electron chi connectivity index (χ0n) is 15.8. The summed E-state index contributed by atoms with van der Waals surface area (Å²) in [4.78, 5) is 30.4. The number of aromatic nitrogens is 3. The Morgan fingerprint density at radius 3 is 2.68 bits per heavy atom. The number of benzene rings is 1. The standard InChI is InChI=1S/C19H21N5O3S/c1-13(14-4-6-15(7-5-14)24-12-20-11-21-24)23(2)10-17(25)22-16-8-9-28-18(16)19(26)27-3/h4-9,11-13H,10H2,1-3H3,(H,22,25). The molecule has 2 heterocycles. The Bertz CT molecular complexity index is 937. The highest BCUT2D eigenvalue weighted by atomic mass is 32.1. The fourth-order valence-corrected chi connectivity index (χ4v) is 3.48. The lowest BCUT2D eigenvalue weighted by molar-refractivity contribution is -0.117. The monoisotopic (exact) mass is 399 g/mol. The van der Waals surface area contributed by atoms with Crippen LogP contribution in [0.15, 0.2) is 48.4 Å². The van der Waals surface area contributed by atoms with Crippen LogP contribution in [0, 0.1) is 0 Å². The second kappa shape index (κ2) is 8.77. The molecule has 0 spiro atoms. The molecule has 28 heavy (non-hydrogen) atoms. The Kier molecular flexibility index (Phi) is 6.17. The summed E-state index contributed by atoms with van der Waals surface area (Å²) in [5.41, 5.74) is 2.46. The lowest BCUT2D eigenvalue weighted by Gasteiger charge is -2.24. The highest BCUT2D eigenvalue weighted by molar-refractivity contribution is 7.12. The van der Waals surface area contributed by atoms with E-state index in [0.717, 1.165) is 11.3 Å². The molecule has 9 heteroatoms. The maximum absolute atomic E-state index is 12.4. The molecule has 0 bridgehead atoms. The van der Waals surface area contributed by atoms with E-state index in [-0.39, 0.29) is 18.5 Å². The molecule has 1 aromatic carbocycles. The summed E-state index contributed by atoms with van der Waals surface area (Å²) in [6, 6.07) is 9.65. The van der Waals surface area contributed by atoms with Gasteiger partial charge in [0.05, 0.1) is 25.0 Å². The van der Waals surface area contributed by atoms with E-state index in [0.29, 0.717) is 10.6 Å². The number of nitrogens with zero attached hydrogens (tertiary/aromatic N) is 4. The van der Waals surface area contributed by atoms with E-state index < -0.39 is 5.97 Å². The van der Waals surface area contributed by atoms with Crippen LogP contribution in [0.25, 0.3) is 5.69 Å². The van der Waals surface area contributed by atoms with E-state index in [1.54, 1.807) is 22.5 Å². The van der Waals surface area contributed by atoms with E-state index in [4.69, 9.17) is 4.74 Å². The van der Waals surface area contributed by atoms with E-state index in [2.05, 4.69) is 15.4 Å². The first-order valence-electron chi connectivity index (χ1n) is 8.60. The van der Waals surface area contributed by atoms with E-state index in [9.17, 15) is 9.59 Å². The molecule has 146 valence electrons. The molecule has 0 radical (unpaired) electrons. The van der Waals surface area contributed by atoms with Gasteiger partial charge in [-0.15, -0.1) is 11.3 Å². The number of methoxy groups -OCH3 is 1. The number of amides is 1. The van der Waals surface area contributed by atoms with Crippen LogP contribution in [0.1, 0.15) is 28.2 Å². The van der Waals surface area contributed by atoms with Crippen LogP contribution in [-0.4, -0.2) is 52.2 Å². The van der Waals surface area contributed by atoms with Crippen molar-refractivity contribution in [3.05, 3.63) is 58.8 Å². The number of carbonyl (C=O) groups is 2. The molecular formula is C19H21N5O3S. The minimum Gasteiger partial charge on any atom is -0.465 e. The fourth-order valence-electron chi connectivity index (χ4n) is 2.71. The minimum absolute atomic E-state index is 0.0260. The molecule has 2 aromatic heterocycles. The van der Waals surface area contributed by atoms with Crippen molar-refractivity contribution in [2.24, 2.45) is 0 Å². The number of anilines is 1. The lowest BCUT2D eigenvalue weighted by Crippen LogP contribution is -2.32. The number of rotatable bonds is 7. The maximum Gasteiger partial charge on any atom is 0.350 e. The van der Waals surface area contributed by atoms with Crippen molar-refractivity contribution in [3.8, 4) is 5.69 Å². The molecule has 1 atom stereocenters. The molecular weight excluding hydrogens is 378 g/mol. The van der Waals surface area contributed by atoms with Crippen molar-refractivity contribution in [2.45, 2.75) is 13.0 Å². The number of ether oxygens (including phenoxy) is 1. The van der Waals surface area contributed by atoms with Crippen LogP contribution < -0.4 is 5.32 Å². The Morgan fingerprint density at radius 1 is 1.29 bits per heavy atom. The summed E-state index contributed by atoms with van der Waals surface area (Å²) in [6.45, 7) is 2.21. The molecule has 0 fully saturated rings.